The molecule has 0 aliphatic carbocycles. The largest absolute Gasteiger partial charge is 0.480 e. The minimum absolute atomic E-state index is 0.118. The summed E-state index contributed by atoms with van der Waals surface area (Å²) in [7, 11) is 0. The molecular formula is C11H12BrFN2O3. The van der Waals surface area contributed by atoms with E-state index >= 15 is 0 Å². The lowest BCUT2D eigenvalue weighted by Gasteiger charge is -2.09. The summed E-state index contributed by atoms with van der Waals surface area (Å²) in [6, 6.07) is 2.87. The summed E-state index contributed by atoms with van der Waals surface area (Å²) in [6.45, 7) is 0.118. The average molecular weight is 319 g/mol. The SMILES string of the molecule is NC(C(=O)O)C(=O)NCCc1cc(Br)ccc1F. The molecule has 7 heteroatoms. The van der Waals surface area contributed by atoms with Crippen LogP contribution in [0.25, 0.3) is 0 Å². The fraction of sp³-hybridized carbons (Fsp3) is 0.273. The van der Waals surface area contributed by atoms with Crippen molar-refractivity contribution in [3.05, 3.63) is 34.1 Å². The van der Waals surface area contributed by atoms with Crippen LogP contribution in [0.1, 0.15) is 5.56 Å². The third-order valence-corrected chi connectivity index (χ3v) is 2.74. The van der Waals surface area contributed by atoms with E-state index in [2.05, 4.69) is 21.2 Å². The minimum atomic E-state index is -1.60. The van der Waals surface area contributed by atoms with Crippen LogP contribution in [0.15, 0.2) is 22.7 Å². The van der Waals surface area contributed by atoms with Gasteiger partial charge in [-0.05, 0) is 30.2 Å². The molecule has 0 bridgehead atoms. The quantitative estimate of drug-likeness (QED) is 0.695. The summed E-state index contributed by atoms with van der Waals surface area (Å²) >= 11 is 3.21. The number of hydrogen-bond acceptors (Lipinski definition) is 3. The lowest BCUT2D eigenvalue weighted by molar-refractivity contribution is -0.142. The Balaban J connectivity index is 2.49. The Morgan fingerprint density at radius 1 is 1.50 bits per heavy atom. The Morgan fingerprint density at radius 3 is 2.78 bits per heavy atom. The van der Waals surface area contributed by atoms with Gasteiger partial charge in [-0.3, -0.25) is 4.79 Å². The molecule has 1 aromatic carbocycles. The van der Waals surface area contributed by atoms with E-state index < -0.39 is 17.9 Å². The molecule has 4 N–H and O–H groups in total. The van der Waals surface area contributed by atoms with Gasteiger partial charge in [-0.2, -0.15) is 0 Å². The van der Waals surface area contributed by atoms with Gasteiger partial charge < -0.3 is 16.2 Å². The van der Waals surface area contributed by atoms with E-state index in [9.17, 15) is 14.0 Å². The number of amides is 1. The summed E-state index contributed by atoms with van der Waals surface area (Å²) in [6.07, 6.45) is 0.253. The molecule has 0 radical (unpaired) electrons. The predicted molar refractivity (Wildman–Crippen MR) is 66.4 cm³/mol. The van der Waals surface area contributed by atoms with Crippen LogP contribution in [-0.2, 0) is 16.0 Å². The van der Waals surface area contributed by atoms with Crippen molar-refractivity contribution in [2.24, 2.45) is 5.73 Å². The molecule has 0 saturated carbocycles. The number of nitrogens with one attached hydrogen (secondary N) is 1. The van der Waals surface area contributed by atoms with Gasteiger partial charge in [0.1, 0.15) is 5.82 Å². The summed E-state index contributed by atoms with van der Waals surface area (Å²) in [4.78, 5) is 21.6. The van der Waals surface area contributed by atoms with Gasteiger partial charge in [0.25, 0.3) is 0 Å². The van der Waals surface area contributed by atoms with E-state index in [0.29, 0.717) is 5.56 Å². The topological polar surface area (TPSA) is 92.4 Å². The molecule has 0 saturated heterocycles. The maximum absolute atomic E-state index is 13.3. The molecule has 0 fully saturated rings. The number of hydrogen-bond donors (Lipinski definition) is 3. The second-order valence-corrected chi connectivity index (χ2v) is 4.51. The summed E-state index contributed by atoms with van der Waals surface area (Å²) in [5.41, 5.74) is 5.52. The second-order valence-electron chi connectivity index (χ2n) is 3.59. The Hall–Kier alpha value is -1.47. The average Bonchev–Trinajstić information content (AvgIpc) is 2.32. The number of carbonyl (C=O) groups is 2. The van der Waals surface area contributed by atoms with Crippen molar-refractivity contribution in [3.8, 4) is 0 Å². The lowest BCUT2D eigenvalue weighted by Crippen LogP contribution is -2.46. The number of nitrogens with two attached hydrogens (primary N) is 1. The molecule has 1 rings (SSSR count). The Labute approximate surface area is 111 Å². The zero-order valence-electron chi connectivity index (χ0n) is 9.32. The van der Waals surface area contributed by atoms with Crippen LogP contribution < -0.4 is 11.1 Å². The van der Waals surface area contributed by atoms with Crippen molar-refractivity contribution >= 4 is 27.8 Å². The van der Waals surface area contributed by atoms with Crippen molar-refractivity contribution in [2.75, 3.05) is 6.54 Å². The van der Waals surface area contributed by atoms with Gasteiger partial charge in [-0.25, -0.2) is 9.18 Å². The van der Waals surface area contributed by atoms with E-state index in [-0.39, 0.29) is 18.8 Å². The second kappa shape index (κ2) is 6.46. The van der Waals surface area contributed by atoms with Gasteiger partial charge in [0.05, 0.1) is 0 Å². The summed E-state index contributed by atoms with van der Waals surface area (Å²) in [5, 5.41) is 10.8. The fourth-order valence-electron chi connectivity index (χ4n) is 1.28. The molecule has 1 aromatic rings. The van der Waals surface area contributed by atoms with Crippen LogP contribution in [0.5, 0.6) is 0 Å². The Bertz CT molecular complexity index is 468. The van der Waals surface area contributed by atoms with Gasteiger partial charge in [0.2, 0.25) is 5.91 Å². The molecule has 5 nitrogen and oxygen atoms in total. The highest BCUT2D eigenvalue weighted by Crippen LogP contribution is 2.15. The standard InChI is InChI=1S/C11H12BrFN2O3/c12-7-1-2-8(13)6(5-7)3-4-15-10(16)9(14)11(17)18/h1-2,5,9H,3-4,14H2,(H,15,16)(H,17,18). The van der Waals surface area contributed by atoms with Crippen LogP contribution in [0.4, 0.5) is 4.39 Å². The Kier molecular flexibility index (Phi) is 5.24. The van der Waals surface area contributed by atoms with Gasteiger partial charge in [0, 0.05) is 11.0 Å². The maximum atomic E-state index is 13.3. The first-order valence-corrected chi connectivity index (χ1v) is 5.91. The first-order valence-electron chi connectivity index (χ1n) is 5.12. The zero-order valence-corrected chi connectivity index (χ0v) is 10.9. The van der Waals surface area contributed by atoms with Gasteiger partial charge in [-0.15, -0.1) is 0 Å². The third-order valence-electron chi connectivity index (χ3n) is 2.25. The van der Waals surface area contributed by atoms with Crippen LogP contribution in [0.3, 0.4) is 0 Å². The maximum Gasteiger partial charge on any atom is 0.330 e. The van der Waals surface area contributed by atoms with E-state index in [1.807, 2.05) is 0 Å². The number of carbonyl (C=O) groups excluding carboxylic acids is 1. The van der Waals surface area contributed by atoms with E-state index in [4.69, 9.17) is 10.8 Å². The monoisotopic (exact) mass is 318 g/mol. The van der Waals surface area contributed by atoms with Crippen molar-refractivity contribution in [1.29, 1.82) is 0 Å². The van der Waals surface area contributed by atoms with Gasteiger partial charge >= 0.3 is 5.97 Å². The number of benzene rings is 1. The van der Waals surface area contributed by atoms with Crippen molar-refractivity contribution in [3.63, 3.8) is 0 Å². The summed E-state index contributed by atoms with van der Waals surface area (Å²) in [5.74, 6) is -2.57. The molecule has 0 spiro atoms. The number of halogens is 2. The normalized spacial score (nSPS) is 11.9. The van der Waals surface area contributed by atoms with Crippen LogP contribution in [0.2, 0.25) is 0 Å². The molecular weight excluding hydrogens is 307 g/mol. The molecule has 1 atom stereocenters. The number of aliphatic carboxylic acids is 1. The van der Waals surface area contributed by atoms with E-state index in [1.54, 1.807) is 12.1 Å². The lowest BCUT2D eigenvalue weighted by atomic mass is 10.1. The smallest absolute Gasteiger partial charge is 0.330 e. The van der Waals surface area contributed by atoms with Crippen LogP contribution in [-0.4, -0.2) is 29.6 Å². The van der Waals surface area contributed by atoms with Crippen molar-refractivity contribution in [2.45, 2.75) is 12.5 Å². The Morgan fingerprint density at radius 2 is 2.17 bits per heavy atom. The van der Waals surface area contributed by atoms with E-state index in [0.717, 1.165) is 4.47 Å². The van der Waals surface area contributed by atoms with Crippen molar-refractivity contribution in [1.82, 2.24) is 5.32 Å². The highest BCUT2D eigenvalue weighted by molar-refractivity contribution is 9.10. The summed E-state index contributed by atoms with van der Waals surface area (Å²) < 4.78 is 14.1. The number of carboxylic acids is 1. The zero-order chi connectivity index (χ0) is 13.7. The third kappa shape index (κ3) is 4.08. The van der Waals surface area contributed by atoms with Crippen molar-refractivity contribution < 1.29 is 19.1 Å². The van der Waals surface area contributed by atoms with Crippen LogP contribution >= 0.6 is 15.9 Å². The highest BCUT2D eigenvalue weighted by atomic mass is 79.9. The predicted octanol–water partition coefficient (Wildman–Crippen LogP) is 0.659. The number of carboxylic acid groups (broad SMARTS) is 1. The highest BCUT2D eigenvalue weighted by Gasteiger charge is 2.20. The molecule has 0 aromatic heterocycles. The van der Waals surface area contributed by atoms with E-state index in [1.165, 1.54) is 6.07 Å². The first-order chi connectivity index (χ1) is 8.41. The molecule has 0 aliphatic heterocycles. The van der Waals surface area contributed by atoms with Gasteiger partial charge in [-0.1, -0.05) is 15.9 Å². The van der Waals surface area contributed by atoms with Crippen LogP contribution in [0, 0.1) is 5.82 Å². The molecule has 0 heterocycles. The molecule has 1 amide bonds. The molecule has 18 heavy (non-hydrogen) atoms. The number of rotatable bonds is 5. The van der Waals surface area contributed by atoms with Gasteiger partial charge in [0.15, 0.2) is 6.04 Å². The fourth-order valence-corrected chi connectivity index (χ4v) is 1.69. The molecule has 1 unspecified atom stereocenters. The minimum Gasteiger partial charge on any atom is -0.480 e. The molecule has 98 valence electrons. The first kappa shape index (κ1) is 14.6. The molecule has 0 aliphatic rings.